The molecule has 0 aliphatic carbocycles. The third-order valence-corrected chi connectivity index (χ3v) is 8.67. The predicted molar refractivity (Wildman–Crippen MR) is 165 cm³/mol. The molecule has 40 heavy (non-hydrogen) atoms. The molecule has 3 rings (SSSR count). The SMILES string of the molecule is CCC(C)NC(=O)C(Cc1ccccc1)N(Cc1ccc(Br)cc1)C(=O)CN(c1ccc(C)c(C)c1)S(C)(=O)=O. The number of anilines is 1. The molecule has 2 atom stereocenters. The van der Waals surface area contributed by atoms with E-state index < -0.39 is 28.5 Å². The molecule has 2 amide bonds. The van der Waals surface area contributed by atoms with E-state index in [-0.39, 0.29) is 24.9 Å². The van der Waals surface area contributed by atoms with Crippen molar-refractivity contribution >= 4 is 43.5 Å². The summed E-state index contributed by atoms with van der Waals surface area (Å²) in [7, 11) is -3.80. The molecule has 3 aromatic rings. The summed E-state index contributed by atoms with van der Waals surface area (Å²) in [5, 5.41) is 3.04. The molecular weight excluding hydrogens is 590 g/mol. The highest BCUT2D eigenvalue weighted by atomic mass is 79.9. The molecule has 0 aliphatic rings. The van der Waals surface area contributed by atoms with Crippen molar-refractivity contribution in [1.29, 1.82) is 0 Å². The second-order valence-corrected chi connectivity index (χ2v) is 13.0. The Hall–Kier alpha value is -3.17. The van der Waals surface area contributed by atoms with Crippen LogP contribution in [0.15, 0.2) is 77.3 Å². The smallest absolute Gasteiger partial charge is 0.244 e. The maximum Gasteiger partial charge on any atom is 0.244 e. The average molecular weight is 629 g/mol. The maximum atomic E-state index is 14.1. The summed E-state index contributed by atoms with van der Waals surface area (Å²) in [6.45, 7) is 7.45. The topological polar surface area (TPSA) is 86.8 Å². The lowest BCUT2D eigenvalue weighted by atomic mass is 10.0. The number of sulfonamides is 1. The van der Waals surface area contributed by atoms with Crippen molar-refractivity contribution in [2.45, 2.75) is 59.2 Å². The van der Waals surface area contributed by atoms with Gasteiger partial charge in [0.25, 0.3) is 0 Å². The van der Waals surface area contributed by atoms with Gasteiger partial charge in [0.05, 0.1) is 11.9 Å². The number of hydrogen-bond donors (Lipinski definition) is 1. The van der Waals surface area contributed by atoms with Crippen LogP contribution in [-0.4, -0.2) is 50.0 Å². The number of nitrogens with one attached hydrogen (secondary N) is 1. The molecule has 214 valence electrons. The van der Waals surface area contributed by atoms with E-state index in [2.05, 4.69) is 21.2 Å². The number of halogens is 1. The highest BCUT2D eigenvalue weighted by molar-refractivity contribution is 9.10. The summed E-state index contributed by atoms with van der Waals surface area (Å²) >= 11 is 3.45. The van der Waals surface area contributed by atoms with Gasteiger partial charge >= 0.3 is 0 Å². The van der Waals surface area contributed by atoms with Crippen LogP contribution < -0.4 is 9.62 Å². The molecule has 3 aromatic carbocycles. The molecule has 0 saturated heterocycles. The number of aryl methyl sites for hydroxylation is 2. The second-order valence-electron chi connectivity index (χ2n) is 10.2. The fourth-order valence-corrected chi connectivity index (χ4v) is 5.38. The molecule has 0 radical (unpaired) electrons. The van der Waals surface area contributed by atoms with Crippen LogP contribution in [0.2, 0.25) is 0 Å². The van der Waals surface area contributed by atoms with Crippen LogP contribution in [0.3, 0.4) is 0 Å². The summed E-state index contributed by atoms with van der Waals surface area (Å²) in [5.74, 6) is -0.743. The van der Waals surface area contributed by atoms with E-state index in [0.29, 0.717) is 5.69 Å². The monoisotopic (exact) mass is 627 g/mol. The highest BCUT2D eigenvalue weighted by Crippen LogP contribution is 2.23. The fraction of sp³-hybridized carbons (Fsp3) is 0.355. The highest BCUT2D eigenvalue weighted by Gasteiger charge is 2.33. The van der Waals surface area contributed by atoms with Crippen molar-refractivity contribution < 1.29 is 18.0 Å². The van der Waals surface area contributed by atoms with E-state index in [1.54, 1.807) is 12.1 Å². The number of carbonyl (C=O) groups excluding carboxylic acids is 2. The average Bonchev–Trinajstić information content (AvgIpc) is 2.91. The third kappa shape index (κ3) is 8.66. The first kappa shape index (κ1) is 31.4. The number of rotatable bonds is 12. The van der Waals surface area contributed by atoms with Crippen molar-refractivity contribution in [3.05, 3.63) is 99.5 Å². The molecular formula is C31H38BrN3O4S. The largest absolute Gasteiger partial charge is 0.352 e. The zero-order chi connectivity index (χ0) is 29.4. The minimum absolute atomic E-state index is 0.0848. The Morgan fingerprint density at radius 3 is 2.15 bits per heavy atom. The molecule has 0 bridgehead atoms. The number of hydrogen-bond acceptors (Lipinski definition) is 4. The van der Waals surface area contributed by atoms with Gasteiger partial charge in [-0.25, -0.2) is 8.42 Å². The van der Waals surface area contributed by atoms with Gasteiger partial charge in [-0.3, -0.25) is 13.9 Å². The Labute approximate surface area is 246 Å². The predicted octanol–water partition coefficient (Wildman–Crippen LogP) is 5.39. The van der Waals surface area contributed by atoms with Crippen LogP contribution >= 0.6 is 15.9 Å². The number of benzene rings is 3. The van der Waals surface area contributed by atoms with Crippen LogP contribution in [0.25, 0.3) is 0 Å². The Balaban J connectivity index is 2.06. The minimum atomic E-state index is -3.80. The van der Waals surface area contributed by atoms with Gasteiger partial charge in [0, 0.05) is 23.5 Å². The first-order valence-electron chi connectivity index (χ1n) is 13.3. The molecule has 2 unspecified atom stereocenters. The number of nitrogens with zero attached hydrogens (tertiary/aromatic N) is 2. The van der Waals surface area contributed by atoms with Crippen LogP contribution in [0.5, 0.6) is 0 Å². The molecule has 0 aromatic heterocycles. The zero-order valence-corrected chi connectivity index (χ0v) is 26.1. The second kappa shape index (κ2) is 13.9. The van der Waals surface area contributed by atoms with Gasteiger partial charge in [0.15, 0.2) is 0 Å². The van der Waals surface area contributed by atoms with Crippen LogP contribution in [0.1, 0.15) is 42.5 Å². The molecule has 0 fully saturated rings. The Morgan fingerprint density at radius 2 is 1.57 bits per heavy atom. The lowest BCUT2D eigenvalue weighted by Crippen LogP contribution is -2.54. The number of amides is 2. The van der Waals surface area contributed by atoms with E-state index in [4.69, 9.17) is 0 Å². The normalized spacial score (nSPS) is 12.8. The van der Waals surface area contributed by atoms with E-state index in [9.17, 15) is 18.0 Å². The van der Waals surface area contributed by atoms with Crippen molar-refractivity contribution in [1.82, 2.24) is 10.2 Å². The van der Waals surface area contributed by atoms with E-state index in [1.165, 1.54) is 4.90 Å². The van der Waals surface area contributed by atoms with Crippen molar-refractivity contribution in [3.8, 4) is 0 Å². The fourth-order valence-electron chi connectivity index (χ4n) is 4.28. The van der Waals surface area contributed by atoms with Gasteiger partial charge in [-0.1, -0.05) is 71.4 Å². The summed E-state index contributed by atoms with van der Waals surface area (Å²) in [4.78, 5) is 29.3. The third-order valence-electron chi connectivity index (χ3n) is 7.00. The molecule has 0 aliphatic heterocycles. The zero-order valence-electron chi connectivity index (χ0n) is 23.7. The quantitative estimate of drug-likeness (QED) is 0.292. The van der Waals surface area contributed by atoms with E-state index in [0.717, 1.165) is 43.7 Å². The molecule has 7 nitrogen and oxygen atoms in total. The van der Waals surface area contributed by atoms with Crippen LogP contribution in [0, 0.1) is 13.8 Å². The minimum Gasteiger partial charge on any atom is -0.352 e. The van der Waals surface area contributed by atoms with E-state index >= 15 is 0 Å². The van der Waals surface area contributed by atoms with Crippen molar-refractivity contribution in [2.75, 3.05) is 17.1 Å². The van der Waals surface area contributed by atoms with Gasteiger partial charge in [-0.15, -0.1) is 0 Å². The molecule has 0 spiro atoms. The maximum absolute atomic E-state index is 14.1. The Kier molecular flexibility index (Phi) is 10.9. The van der Waals surface area contributed by atoms with Crippen molar-refractivity contribution in [3.63, 3.8) is 0 Å². The summed E-state index contributed by atoms with van der Waals surface area (Å²) < 4.78 is 27.9. The molecule has 0 saturated carbocycles. The first-order chi connectivity index (χ1) is 18.9. The lowest BCUT2D eigenvalue weighted by Gasteiger charge is -2.34. The Morgan fingerprint density at radius 1 is 0.925 bits per heavy atom. The summed E-state index contributed by atoms with van der Waals surface area (Å²) in [6.07, 6.45) is 2.11. The molecule has 9 heteroatoms. The van der Waals surface area contributed by atoms with E-state index in [1.807, 2.05) is 88.4 Å². The van der Waals surface area contributed by atoms with Gasteiger partial charge in [-0.05, 0) is 73.7 Å². The molecule has 0 heterocycles. The lowest BCUT2D eigenvalue weighted by molar-refractivity contribution is -0.140. The summed E-state index contributed by atoms with van der Waals surface area (Å²) in [5.41, 5.74) is 4.06. The summed E-state index contributed by atoms with van der Waals surface area (Å²) in [6, 6.07) is 21.4. The number of carbonyl (C=O) groups is 2. The molecule has 1 N–H and O–H groups in total. The van der Waals surface area contributed by atoms with Gasteiger partial charge in [0.1, 0.15) is 12.6 Å². The first-order valence-corrected chi connectivity index (χ1v) is 16.0. The van der Waals surface area contributed by atoms with Gasteiger partial charge < -0.3 is 10.2 Å². The van der Waals surface area contributed by atoms with Gasteiger partial charge in [-0.2, -0.15) is 0 Å². The van der Waals surface area contributed by atoms with Crippen molar-refractivity contribution in [2.24, 2.45) is 0 Å². The van der Waals surface area contributed by atoms with Crippen LogP contribution in [-0.2, 0) is 32.6 Å². The van der Waals surface area contributed by atoms with Crippen LogP contribution in [0.4, 0.5) is 5.69 Å². The standard InChI is InChI=1S/C31H38BrN3O4S/c1-6-24(4)33-31(37)29(19-25-10-8-7-9-11-25)34(20-26-13-15-27(32)16-14-26)30(36)21-35(40(5,38)39)28-17-12-22(2)23(3)18-28/h7-18,24,29H,6,19-21H2,1-5H3,(H,33,37). The van der Waals surface area contributed by atoms with Gasteiger partial charge in [0.2, 0.25) is 21.8 Å². The Bertz CT molecular complexity index is 1410.